The summed E-state index contributed by atoms with van der Waals surface area (Å²) in [5.41, 5.74) is 0.623. The zero-order chi connectivity index (χ0) is 9.68. The Balaban J connectivity index is 2.75. The zero-order valence-electron chi connectivity index (χ0n) is 7.40. The second-order valence-electron chi connectivity index (χ2n) is 2.86. The van der Waals surface area contributed by atoms with Crippen LogP contribution < -0.4 is 0 Å². The maximum atomic E-state index is 11.6. The van der Waals surface area contributed by atoms with Crippen LogP contribution in [-0.2, 0) is 0 Å². The number of nitriles is 1. The molecule has 0 amide bonds. The van der Waals surface area contributed by atoms with E-state index in [1.807, 2.05) is 6.07 Å². The average molecular weight is 174 g/mol. The number of nitrogens with zero attached hydrogens (tertiary/aromatic N) is 2. The van der Waals surface area contributed by atoms with Crippen molar-refractivity contribution in [1.29, 1.82) is 5.26 Å². The van der Waals surface area contributed by atoms with Crippen LogP contribution in [0.15, 0.2) is 24.5 Å². The molecule has 0 saturated carbocycles. The topological polar surface area (TPSA) is 53.8 Å². The Labute approximate surface area is 77.0 Å². The van der Waals surface area contributed by atoms with Gasteiger partial charge in [0.25, 0.3) is 0 Å². The second kappa shape index (κ2) is 4.36. The number of hydrogen-bond donors (Lipinski definition) is 0. The molecule has 0 aliphatic heterocycles. The Morgan fingerprint density at radius 1 is 1.62 bits per heavy atom. The molecule has 1 atom stereocenters. The van der Waals surface area contributed by atoms with E-state index in [0.29, 0.717) is 5.56 Å². The van der Waals surface area contributed by atoms with Gasteiger partial charge in [0.1, 0.15) is 0 Å². The fourth-order valence-corrected chi connectivity index (χ4v) is 1.03. The van der Waals surface area contributed by atoms with Crippen molar-refractivity contribution in [3.05, 3.63) is 30.1 Å². The van der Waals surface area contributed by atoms with Gasteiger partial charge in [-0.3, -0.25) is 9.78 Å². The first kappa shape index (κ1) is 9.40. The largest absolute Gasteiger partial charge is 0.294 e. The van der Waals surface area contributed by atoms with E-state index < -0.39 is 0 Å². The predicted octanol–water partition coefficient (Wildman–Crippen LogP) is 1.81. The molecule has 0 aliphatic rings. The molecule has 0 spiro atoms. The standard InChI is InChI=1S/C10H10N2O/c1-8(2-5-11)10(13)9-3-6-12-7-4-9/h3-4,6-8H,2H2,1H3. The fourth-order valence-electron chi connectivity index (χ4n) is 1.03. The molecular weight excluding hydrogens is 164 g/mol. The van der Waals surface area contributed by atoms with Crippen LogP contribution >= 0.6 is 0 Å². The number of carbonyl (C=O) groups is 1. The van der Waals surface area contributed by atoms with Crippen molar-refractivity contribution >= 4 is 5.78 Å². The molecule has 0 aliphatic carbocycles. The molecule has 13 heavy (non-hydrogen) atoms. The summed E-state index contributed by atoms with van der Waals surface area (Å²) in [7, 11) is 0. The third-order valence-corrected chi connectivity index (χ3v) is 1.81. The summed E-state index contributed by atoms with van der Waals surface area (Å²) in [4.78, 5) is 15.4. The van der Waals surface area contributed by atoms with Gasteiger partial charge >= 0.3 is 0 Å². The number of rotatable bonds is 3. The van der Waals surface area contributed by atoms with Crippen LogP contribution in [0.2, 0.25) is 0 Å². The summed E-state index contributed by atoms with van der Waals surface area (Å²) in [5, 5.41) is 8.42. The van der Waals surface area contributed by atoms with Crippen LogP contribution in [0, 0.1) is 17.2 Å². The number of ketones is 1. The summed E-state index contributed by atoms with van der Waals surface area (Å²) in [6.45, 7) is 1.76. The molecule has 1 heterocycles. The lowest BCUT2D eigenvalue weighted by Gasteiger charge is -2.04. The van der Waals surface area contributed by atoms with Crippen LogP contribution in [0.3, 0.4) is 0 Å². The number of hydrogen-bond acceptors (Lipinski definition) is 3. The number of carbonyl (C=O) groups excluding carboxylic acids is 1. The molecular formula is C10H10N2O. The molecule has 1 aromatic rings. The van der Waals surface area contributed by atoms with E-state index in [2.05, 4.69) is 4.98 Å². The highest BCUT2D eigenvalue weighted by molar-refractivity contribution is 5.97. The molecule has 0 saturated heterocycles. The van der Waals surface area contributed by atoms with Crippen LogP contribution in [-0.4, -0.2) is 10.8 Å². The van der Waals surface area contributed by atoms with Gasteiger partial charge in [0.15, 0.2) is 5.78 Å². The minimum atomic E-state index is -0.229. The normalized spacial score (nSPS) is 11.7. The Kier molecular flexibility index (Phi) is 3.15. The van der Waals surface area contributed by atoms with Crippen LogP contribution in [0.5, 0.6) is 0 Å². The maximum Gasteiger partial charge on any atom is 0.166 e. The van der Waals surface area contributed by atoms with Crippen molar-refractivity contribution in [1.82, 2.24) is 4.98 Å². The van der Waals surface area contributed by atoms with E-state index in [1.165, 1.54) is 0 Å². The van der Waals surface area contributed by atoms with Crippen LogP contribution in [0.25, 0.3) is 0 Å². The number of aromatic nitrogens is 1. The quantitative estimate of drug-likeness (QED) is 0.656. The van der Waals surface area contributed by atoms with Gasteiger partial charge in [0.2, 0.25) is 0 Å². The van der Waals surface area contributed by atoms with Gasteiger partial charge in [-0.05, 0) is 12.1 Å². The van der Waals surface area contributed by atoms with Gasteiger partial charge < -0.3 is 0 Å². The summed E-state index contributed by atoms with van der Waals surface area (Å²) >= 11 is 0. The highest BCUT2D eigenvalue weighted by Gasteiger charge is 2.13. The monoisotopic (exact) mass is 174 g/mol. The minimum absolute atomic E-state index is 0.00366. The van der Waals surface area contributed by atoms with Crippen molar-refractivity contribution < 1.29 is 4.79 Å². The average Bonchev–Trinajstić information content (AvgIpc) is 2.18. The fraction of sp³-hybridized carbons (Fsp3) is 0.300. The third-order valence-electron chi connectivity index (χ3n) is 1.81. The van der Waals surface area contributed by atoms with E-state index in [-0.39, 0.29) is 18.1 Å². The molecule has 0 N–H and O–H groups in total. The highest BCUT2D eigenvalue weighted by atomic mass is 16.1. The SMILES string of the molecule is CC(CC#N)C(=O)c1ccncc1. The summed E-state index contributed by atoms with van der Waals surface area (Å²) < 4.78 is 0. The predicted molar refractivity (Wildman–Crippen MR) is 48.0 cm³/mol. The molecule has 0 fully saturated rings. The van der Waals surface area contributed by atoms with Crippen LogP contribution in [0.4, 0.5) is 0 Å². The first-order chi connectivity index (χ1) is 6.25. The third kappa shape index (κ3) is 2.38. The minimum Gasteiger partial charge on any atom is -0.294 e. The summed E-state index contributed by atoms with van der Waals surface area (Å²) in [6.07, 6.45) is 3.42. The van der Waals surface area contributed by atoms with E-state index >= 15 is 0 Å². The van der Waals surface area contributed by atoms with E-state index in [9.17, 15) is 4.79 Å². The lowest BCUT2D eigenvalue weighted by molar-refractivity contribution is 0.0932. The van der Waals surface area contributed by atoms with Crippen molar-refractivity contribution in [2.24, 2.45) is 5.92 Å². The molecule has 1 rings (SSSR count). The molecule has 3 heteroatoms. The summed E-state index contributed by atoms with van der Waals surface area (Å²) in [5.74, 6) is -0.226. The summed E-state index contributed by atoms with van der Waals surface area (Å²) in [6, 6.07) is 5.31. The first-order valence-corrected chi connectivity index (χ1v) is 4.07. The van der Waals surface area contributed by atoms with E-state index in [1.54, 1.807) is 31.5 Å². The molecule has 66 valence electrons. The van der Waals surface area contributed by atoms with Crippen molar-refractivity contribution in [3.8, 4) is 6.07 Å². The van der Waals surface area contributed by atoms with Crippen LogP contribution in [0.1, 0.15) is 23.7 Å². The molecule has 0 radical (unpaired) electrons. The van der Waals surface area contributed by atoms with Gasteiger partial charge in [-0.1, -0.05) is 6.92 Å². The van der Waals surface area contributed by atoms with Gasteiger partial charge in [-0.2, -0.15) is 5.26 Å². The molecule has 0 bridgehead atoms. The second-order valence-corrected chi connectivity index (χ2v) is 2.86. The molecule has 1 aromatic heterocycles. The Hall–Kier alpha value is -1.69. The van der Waals surface area contributed by atoms with Crippen molar-refractivity contribution in [2.45, 2.75) is 13.3 Å². The Bertz CT molecular complexity index is 327. The van der Waals surface area contributed by atoms with Gasteiger partial charge in [-0.25, -0.2) is 0 Å². The zero-order valence-corrected chi connectivity index (χ0v) is 7.40. The van der Waals surface area contributed by atoms with Crippen molar-refractivity contribution in [2.75, 3.05) is 0 Å². The molecule has 1 unspecified atom stereocenters. The lowest BCUT2D eigenvalue weighted by atomic mass is 9.98. The lowest BCUT2D eigenvalue weighted by Crippen LogP contribution is -2.10. The van der Waals surface area contributed by atoms with Crippen molar-refractivity contribution in [3.63, 3.8) is 0 Å². The Morgan fingerprint density at radius 3 is 2.77 bits per heavy atom. The Morgan fingerprint density at radius 2 is 2.23 bits per heavy atom. The smallest absolute Gasteiger partial charge is 0.166 e. The van der Waals surface area contributed by atoms with Gasteiger partial charge in [-0.15, -0.1) is 0 Å². The first-order valence-electron chi connectivity index (χ1n) is 4.07. The molecule has 0 aromatic carbocycles. The van der Waals surface area contributed by atoms with Gasteiger partial charge in [0.05, 0.1) is 6.07 Å². The number of Topliss-reactive ketones (excluding diaryl/α,β-unsaturated/α-hetero) is 1. The molecule has 3 nitrogen and oxygen atoms in total. The maximum absolute atomic E-state index is 11.6. The van der Waals surface area contributed by atoms with E-state index in [0.717, 1.165) is 0 Å². The highest BCUT2D eigenvalue weighted by Crippen LogP contribution is 2.10. The van der Waals surface area contributed by atoms with Gasteiger partial charge in [0, 0.05) is 30.3 Å². The number of pyridine rings is 1. The van der Waals surface area contributed by atoms with E-state index in [4.69, 9.17) is 5.26 Å².